The number of carbonyl (C=O) groups excluding carboxylic acids is 2. The highest BCUT2D eigenvalue weighted by Crippen LogP contribution is 2.38. The maximum absolute atomic E-state index is 13.4. The van der Waals surface area contributed by atoms with Crippen LogP contribution < -0.4 is 0 Å². The summed E-state index contributed by atoms with van der Waals surface area (Å²) in [5.74, 6) is -5.56. The van der Waals surface area contributed by atoms with Gasteiger partial charge in [-0.05, 0) is 51.4 Å². The van der Waals surface area contributed by atoms with Crippen LogP contribution in [0.4, 0.5) is 17.6 Å². The lowest BCUT2D eigenvalue weighted by atomic mass is 9.79. The van der Waals surface area contributed by atoms with Crippen molar-refractivity contribution in [2.24, 2.45) is 11.8 Å². The Balaban J connectivity index is 1.46. The van der Waals surface area contributed by atoms with Crippen LogP contribution in [0.25, 0.3) is 0 Å². The predicted octanol–water partition coefficient (Wildman–Crippen LogP) is 4.87. The third kappa shape index (κ3) is 5.47. The van der Waals surface area contributed by atoms with Gasteiger partial charge in [0.25, 0.3) is 0 Å². The Labute approximate surface area is 176 Å². The molecule has 0 N–H and O–H groups in total. The van der Waals surface area contributed by atoms with Crippen molar-refractivity contribution in [3.63, 3.8) is 0 Å². The number of hydrogen-bond acceptors (Lipinski definition) is 2. The average Bonchev–Trinajstić information content (AvgIpc) is 2.72. The molecule has 2 amide bonds. The molecule has 0 aromatic heterocycles. The van der Waals surface area contributed by atoms with Crippen LogP contribution in [0.15, 0.2) is 0 Å². The molecule has 4 nitrogen and oxygen atoms in total. The van der Waals surface area contributed by atoms with E-state index in [9.17, 15) is 27.2 Å². The summed E-state index contributed by atoms with van der Waals surface area (Å²) in [6.45, 7) is 0. The highest BCUT2D eigenvalue weighted by molar-refractivity contribution is 5.81. The quantitative estimate of drug-likeness (QED) is 0.593. The first-order chi connectivity index (χ1) is 14.0. The Morgan fingerprint density at radius 2 is 0.867 bits per heavy atom. The summed E-state index contributed by atoms with van der Waals surface area (Å²) in [7, 11) is 3.42. The molecular weight excluding hydrogens is 400 g/mol. The maximum Gasteiger partial charge on any atom is 0.248 e. The molecule has 0 spiro atoms. The van der Waals surface area contributed by atoms with Crippen molar-refractivity contribution >= 4 is 11.8 Å². The molecule has 3 aliphatic carbocycles. The first-order valence-corrected chi connectivity index (χ1v) is 11.3. The van der Waals surface area contributed by atoms with Crippen LogP contribution in [0.5, 0.6) is 0 Å². The standard InChI is InChI=1S/C22H34F4N2O2/c1-27(17-7-11-21(23,24)12-8-17)19(29)15-3-5-16(6-4-15)20(30)28(2)18-9-13-22(25,26)14-10-18/h15-18H,3-14H2,1-2H3. The van der Waals surface area contributed by atoms with E-state index < -0.39 is 11.8 Å². The zero-order valence-electron chi connectivity index (χ0n) is 18.0. The minimum Gasteiger partial charge on any atom is -0.343 e. The minimum atomic E-state index is -2.61. The Morgan fingerprint density at radius 3 is 1.13 bits per heavy atom. The summed E-state index contributed by atoms with van der Waals surface area (Å²) in [6.07, 6.45) is 3.07. The Bertz CT molecular complexity index is 561. The van der Waals surface area contributed by atoms with Crippen molar-refractivity contribution in [3.8, 4) is 0 Å². The molecule has 3 fully saturated rings. The van der Waals surface area contributed by atoms with Gasteiger partial charge in [-0.2, -0.15) is 0 Å². The van der Waals surface area contributed by atoms with E-state index in [1.54, 1.807) is 23.9 Å². The van der Waals surface area contributed by atoms with Crippen LogP contribution in [0.3, 0.4) is 0 Å². The van der Waals surface area contributed by atoms with E-state index in [2.05, 4.69) is 0 Å². The summed E-state index contributed by atoms with van der Waals surface area (Å²) in [5, 5.41) is 0. The topological polar surface area (TPSA) is 40.6 Å². The predicted molar refractivity (Wildman–Crippen MR) is 105 cm³/mol. The number of alkyl halides is 4. The lowest BCUT2D eigenvalue weighted by Crippen LogP contribution is -2.47. The van der Waals surface area contributed by atoms with Crippen molar-refractivity contribution < 1.29 is 27.2 Å². The van der Waals surface area contributed by atoms with Gasteiger partial charge in [-0.15, -0.1) is 0 Å². The molecule has 0 radical (unpaired) electrons. The second-order valence-electron chi connectivity index (χ2n) is 9.62. The first kappa shape index (κ1) is 23.3. The molecule has 0 bridgehead atoms. The van der Waals surface area contributed by atoms with E-state index in [0.717, 1.165) is 0 Å². The minimum absolute atomic E-state index is 0.000943. The van der Waals surface area contributed by atoms with Gasteiger partial charge in [0.05, 0.1) is 0 Å². The smallest absolute Gasteiger partial charge is 0.248 e. The fourth-order valence-electron chi connectivity index (χ4n) is 5.35. The van der Waals surface area contributed by atoms with Gasteiger partial charge in [0, 0.05) is 63.7 Å². The van der Waals surface area contributed by atoms with E-state index in [4.69, 9.17) is 0 Å². The summed E-state index contributed by atoms with van der Waals surface area (Å²) in [5.41, 5.74) is 0. The monoisotopic (exact) mass is 434 g/mol. The van der Waals surface area contributed by atoms with E-state index >= 15 is 0 Å². The van der Waals surface area contributed by atoms with Crippen molar-refractivity contribution in [1.82, 2.24) is 9.80 Å². The van der Waals surface area contributed by atoms with Crippen LogP contribution in [0, 0.1) is 11.8 Å². The van der Waals surface area contributed by atoms with Gasteiger partial charge in [0.2, 0.25) is 23.7 Å². The molecule has 0 unspecified atom stereocenters. The number of nitrogens with zero attached hydrogens (tertiary/aromatic N) is 2. The molecule has 0 saturated heterocycles. The van der Waals surface area contributed by atoms with Gasteiger partial charge in [0.15, 0.2) is 0 Å². The largest absolute Gasteiger partial charge is 0.343 e. The fraction of sp³-hybridized carbons (Fsp3) is 0.909. The van der Waals surface area contributed by atoms with Gasteiger partial charge in [-0.3, -0.25) is 9.59 Å². The lowest BCUT2D eigenvalue weighted by Gasteiger charge is -2.39. The third-order valence-electron chi connectivity index (χ3n) is 7.59. The molecule has 0 heterocycles. The molecule has 30 heavy (non-hydrogen) atoms. The van der Waals surface area contributed by atoms with Crippen LogP contribution in [-0.4, -0.2) is 59.6 Å². The normalized spacial score (nSPS) is 29.9. The zero-order valence-corrected chi connectivity index (χ0v) is 18.0. The fourth-order valence-corrected chi connectivity index (χ4v) is 5.35. The van der Waals surface area contributed by atoms with Gasteiger partial charge in [-0.25, -0.2) is 17.6 Å². The number of rotatable bonds is 4. The van der Waals surface area contributed by atoms with Crippen molar-refractivity contribution in [2.75, 3.05) is 14.1 Å². The van der Waals surface area contributed by atoms with Crippen LogP contribution in [-0.2, 0) is 9.59 Å². The Kier molecular flexibility index (Phi) is 7.02. The van der Waals surface area contributed by atoms with E-state index in [1.807, 2.05) is 0 Å². The van der Waals surface area contributed by atoms with E-state index in [1.165, 1.54) is 0 Å². The number of halogens is 4. The molecule has 172 valence electrons. The number of carbonyl (C=O) groups is 2. The molecule has 0 atom stereocenters. The van der Waals surface area contributed by atoms with Crippen molar-refractivity contribution in [2.45, 2.75) is 101 Å². The molecule has 3 saturated carbocycles. The highest BCUT2D eigenvalue weighted by Gasteiger charge is 2.41. The van der Waals surface area contributed by atoms with E-state index in [0.29, 0.717) is 51.4 Å². The van der Waals surface area contributed by atoms with Gasteiger partial charge in [-0.1, -0.05) is 0 Å². The first-order valence-electron chi connectivity index (χ1n) is 11.3. The van der Waals surface area contributed by atoms with Gasteiger partial charge >= 0.3 is 0 Å². The molecule has 0 aliphatic heterocycles. The lowest BCUT2D eigenvalue weighted by molar-refractivity contribution is -0.144. The average molecular weight is 435 g/mol. The van der Waals surface area contributed by atoms with Crippen LogP contribution >= 0.6 is 0 Å². The maximum atomic E-state index is 13.4. The molecule has 0 aromatic carbocycles. The number of hydrogen-bond donors (Lipinski definition) is 0. The molecule has 8 heteroatoms. The second kappa shape index (κ2) is 9.03. The molecular formula is C22H34F4N2O2. The summed E-state index contributed by atoms with van der Waals surface area (Å²) in [4.78, 5) is 29.0. The molecule has 0 aromatic rings. The molecule has 3 aliphatic rings. The van der Waals surface area contributed by atoms with Gasteiger partial charge in [0.1, 0.15) is 0 Å². The molecule has 3 rings (SSSR count). The SMILES string of the molecule is CN(C(=O)C1CCC(C(=O)N(C)C2CCC(F)(F)CC2)CC1)C1CCC(F)(F)CC1. The summed E-state index contributed by atoms with van der Waals surface area (Å²) < 4.78 is 53.5. The highest BCUT2D eigenvalue weighted by atomic mass is 19.3. The van der Waals surface area contributed by atoms with Gasteiger partial charge < -0.3 is 9.80 Å². The second-order valence-corrected chi connectivity index (χ2v) is 9.62. The van der Waals surface area contributed by atoms with Crippen molar-refractivity contribution in [3.05, 3.63) is 0 Å². The Hall–Kier alpha value is -1.34. The Morgan fingerprint density at radius 1 is 0.600 bits per heavy atom. The number of amides is 2. The van der Waals surface area contributed by atoms with Crippen LogP contribution in [0.1, 0.15) is 77.0 Å². The summed E-state index contributed by atoms with van der Waals surface area (Å²) in [6, 6.07) is -0.265. The van der Waals surface area contributed by atoms with E-state index in [-0.39, 0.29) is 61.4 Å². The third-order valence-corrected chi connectivity index (χ3v) is 7.59. The van der Waals surface area contributed by atoms with Crippen LogP contribution in [0.2, 0.25) is 0 Å². The zero-order chi connectivity index (χ0) is 22.1. The summed E-state index contributed by atoms with van der Waals surface area (Å²) >= 11 is 0. The van der Waals surface area contributed by atoms with Crippen molar-refractivity contribution in [1.29, 1.82) is 0 Å².